The summed E-state index contributed by atoms with van der Waals surface area (Å²) in [6.45, 7) is 7.16. The number of amides is 1. The molecule has 0 saturated heterocycles. The second-order valence-corrected chi connectivity index (χ2v) is 7.20. The molecule has 2 aromatic rings. The van der Waals surface area contributed by atoms with Crippen molar-refractivity contribution < 1.29 is 14.3 Å². The maximum atomic E-state index is 12.5. The third kappa shape index (κ3) is 5.64. The van der Waals surface area contributed by atoms with E-state index in [0.717, 1.165) is 14.8 Å². The molecule has 0 aliphatic carbocycles. The summed E-state index contributed by atoms with van der Waals surface area (Å²) in [5, 5.41) is 0. The fraction of sp³-hybridized carbons (Fsp3) is 0.250. The van der Waals surface area contributed by atoms with Crippen LogP contribution in [-0.2, 0) is 11.3 Å². The van der Waals surface area contributed by atoms with E-state index in [0.29, 0.717) is 31.2 Å². The van der Waals surface area contributed by atoms with E-state index >= 15 is 0 Å². The monoisotopic (exact) mass is 391 g/mol. The highest BCUT2D eigenvalue weighted by molar-refractivity contribution is 7.16. The van der Waals surface area contributed by atoms with Crippen molar-refractivity contribution in [1.82, 2.24) is 4.90 Å². The topological polar surface area (TPSA) is 38.8 Å². The van der Waals surface area contributed by atoms with Crippen LogP contribution >= 0.6 is 22.9 Å². The number of benzene rings is 1. The zero-order valence-electron chi connectivity index (χ0n) is 14.9. The normalized spacial score (nSPS) is 10.7. The second-order valence-electron chi connectivity index (χ2n) is 5.40. The van der Waals surface area contributed by atoms with Crippen LogP contribution in [0.1, 0.15) is 17.4 Å². The van der Waals surface area contributed by atoms with Crippen LogP contribution in [0.2, 0.25) is 4.34 Å². The van der Waals surface area contributed by atoms with Gasteiger partial charge in [-0.05, 0) is 42.8 Å². The van der Waals surface area contributed by atoms with Gasteiger partial charge in [-0.25, -0.2) is 0 Å². The Balaban J connectivity index is 2.06. The van der Waals surface area contributed by atoms with Crippen molar-refractivity contribution in [2.75, 3.05) is 20.3 Å². The molecule has 4 nitrogen and oxygen atoms in total. The van der Waals surface area contributed by atoms with Crippen LogP contribution in [0.25, 0.3) is 6.08 Å². The number of hydrogen-bond donors (Lipinski definition) is 0. The Bertz CT molecular complexity index is 785. The number of carbonyl (C=O) groups is 1. The third-order valence-corrected chi connectivity index (χ3v) is 4.85. The summed E-state index contributed by atoms with van der Waals surface area (Å²) < 4.78 is 11.6. The number of rotatable bonds is 9. The summed E-state index contributed by atoms with van der Waals surface area (Å²) >= 11 is 7.44. The number of ether oxygens (including phenoxy) is 2. The lowest BCUT2D eigenvalue weighted by Gasteiger charge is -2.18. The fourth-order valence-corrected chi connectivity index (χ4v) is 3.40. The lowest BCUT2D eigenvalue weighted by atomic mass is 10.2. The Morgan fingerprint density at radius 2 is 2.12 bits per heavy atom. The first kappa shape index (κ1) is 20.1. The number of nitrogens with zero attached hydrogens (tertiary/aromatic N) is 1. The molecule has 2 rings (SSSR count). The van der Waals surface area contributed by atoms with Crippen molar-refractivity contribution in [2.24, 2.45) is 0 Å². The Labute approximate surface area is 163 Å². The van der Waals surface area contributed by atoms with Crippen molar-refractivity contribution in [2.45, 2.75) is 13.5 Å². The molecule has 1 aromatic carbocycles. The van der Waals surface area contributed by atoms with E-state index < -0.39 is 0 Å². The molecule has 0 saturated carbocycles. The third-order valence-electron chi connectivity index (χ3n) is 3.63. The summed E-state index contributed by atoms with van der Waals surface area (Å²) in [4.78, 5) is 15.3. The zero-order valence-corrected chi connectivity index (χ0v) is 16.5. The number of likely N-dealkylation sites (N-methyl/N-ethyl adjacent to an activating group) is 1. The van der Waals surface area contributed by atoms with E-state index in [4.69, 9.17) is 21.1 Å². The molecule has 0 radical (unpaired) electrons. The molecular formula is C20H22ClNO3S. The largest absolute Gasteiger partial charge is 0.493 e. The second kappa shape index (κ2) is 10.0. The van der Waals surface area contributed by atoms with Gasteiger partial charge in [0.1, 0.15) is 6.61 Å². The minimum absolute atomic E-state index is 0.0528. The van der Waals surface area contributed by atoms with Crippen molar-refractivity contribution in [3.63, 3.8) is 0 Å². The van der Waals surface area contributed by atoms with Crippen molar-refractivity contribution in [3.05, 3.63) is 63.8 Å². The van der Waals surface area contributed by atoms with Gasteiger partial charge in [-0.1, -0.05) is 30.3 Å². The van der Waals surface area contributed by atoms with Crippen molar-refractivity contribution >= 4 is 34.9 Å². The first-order valence-electron chi connectivity index (χ1n) is 8.20. The van der Waals surface area contributed by atoms with Crippen LogP contribution in [-0.4, -0.2) is 31.1 Å². The molecule has 0 aliphatic heterocycles. The van der Waals surface area contributed by atoms with Crippen LogP contribution in [0, 0.1) is 0 Å². The molecule has 1 aromatic heterocycles. The van der Waals surface area contributed by atoms with E-state index in [1.54, 1.807) is 30.2 Å². The lowest BCUT2D eigenvalue weighted by molar-refractivity contribution is -0.126. The number of carbonyl (C=O) groups excluding carboxylic acids is 1. The Hall–Kier alpha value is -2.24. The maximum Gasteiger partial charge on any atom is 0.246 e. The Kier molecular flexibility index (Phi) is 7.75. The number of halogens is 1. The molecule has 0 spiro atoms. The van der Waals surface area contributed by atoms with E-state index in [2.05, 4.69) is 6.58 Å². The van der Waals surface area contributed by atoms with E-state index in [-0.39, 0.29) is 5.91 Å². The summed E-state index contributed by atoms with van der Waals surface area (Å²) in [6.07, 6.45) is 5.01. The predicted molar refractivity (Wildman–Crippen MR) is 108 cm³/mol. The molecule has 0 fully saturated rings. The highest BCUT2D eigenvalue weighted by atomic mass is 35.5. The smallest absolute Gasteiger partial charge is 0.246 e. The maximum absolute atomic E-state index is 12.5. The average molecular weight is 392 g/mol. The molecule has 0 unspecified atom stereocenters. The summed E-state index contributed by atoms with van der Waals surface area (Å²) in [6, 6.07) is 9.31. The molecule has 138 valence electrons. The summed E-state index contributed by atoms with van der Waals surface area (Å²) in [5.74, 6) is 1.20. The quantitative estimate of drug-likeness (QED) is 0.444. The Morgan fingerprint density at radius 1 is 1.31 bits per heavy atom. The minimum atomic E-state index is -0.0528. The first-order valence-corrected chi connectivity index (χ1v) is 9.39. The van der Waals surface area contributed by atoms with Gasteiger partial charge in [-0.3, -0.25) is 4.79 Å². The highest BCUT2D eigenvalue weighted by Crippen LogP contribution is 2.28. The van der Waals surface area contributed by atoms with Gasteiger partial charge in [-0.15, -0.1) is 11.3 Å². The summed E-state index contributed by atoms with van der Waals surface area (Å²) in [7, 11) is 1.58. The zero-order chi connectivity index (χ0) is 18.9. The molecule has 6 heteroatoms. The van der Waals surface area contributed by atoms with Crippen LogP contribution in [0.15, 0.2) is 49.1 Å². The predicted octanol–water partition coefficient (Wildman–Crippen LogP) is 5.04. The molecule has 0 N–H and O–H groups in total. The number of hydrogen-bond acceptors (Lipinski definition) is 4. The van der Waals surface area contributed by atoms with Crippen LogP contribution in [0.5, 0.6) is 11.5 Å². The van der Waals surface area contributed by atoms with Crippen LogP contribution in [0.4, 0.5) is 0 Å². The molecule has 0 bridgehead atoms. The average Bonchev–Trinajstić information content (AvgIpc) is 3.07. The van der Waals surface area contributed by atoms with Gasteiger partial charge in [0.15, 0.2) is 11.5 Å². The molecule has 26 heavy (non-hydrogen) atoms. The van der Waals surface area contributed by atoms with Gasteiger partial charge in [0.25, 0.3) is 0 Å². The van der Waals surface area contributed by atoms with E-state index in [1.807, 2.05) is 37.3 Å². The van der Waals surface area contributed by atoms with Gasteiger partial charge in [-0.2, -0.15) is 0 Å². The Morgan fingerprint density at radius 3 is 2.73 bits per heavy atom. The minimum Gasteiger partial charge on any atom is -0.493 e. The van der Waals surface area contributed by atoms with E-state index in [1.165, 1.54) is 11.3 Å². The van der Waals surface area contributed by atoms with Gasteiger partial charge in [0, 0.05) is 17.5 Å². The van der Waals surface area contributed by atoms with Gasteiger partial charge >= 0.3 is 0 Å². The number of thiophene rings is 1. The van der Waals surface area contributed by atoms with Crippen molar-refractivity contribution in [3.8, 4) is 11.5 Å². The highest BCUT2D eigenvalue weighted by Gasteiger charge is 2.11. The van der Waals surface area contributed by atoms with Gasteiger partial charge in [0.2, 0.25) is 5.91 Å². The molecule has 0 atom stereocenters. The SMILES string of the molecule is C=CCOc1ccc(/C=C/C(=O)N(CC)Cc2ccc(Cl)s2)cc1OC. The first-order chi connectivity index (χ1) is 12.6. The fourth-order valence-electron chi connectivity index (χ4n) is 2.30. The van der Waals surface area contributed by atoms with Gasteiger partial charge < -0.3 is 14.4 Å². The van der Waals surface area contributed by atoms with E-state index in [9.17, 15) is 4.79 Å². The summed E-state index contributed by atoms with van der Waals surface area (Å²) in [5.41, 5.74) is 0.858. The number of methoxy groups -OCH3 is 1. The van der Waals surface area contributed by atoms with Crippen LogP contribution < -0.4 is 9.47 Å². The standard InChI is InChI=1S/C20H22ClNO3S/c1-4-12-25-17-9-6-15(13-18(17)24-3)7-11-20(23)22(5-2)14-16-8-10-19(21)26-16/h4,6-11,13H,1,5,12,14H2,2-3H3/b11-7+. The molecular weight excluding hydrogens is 370 g/mol. The molecule has 1 amide bonds. The van der Waals surface area contributed by atoms with Gasteiger partial charge in [0.05, 0.1) is 18.0 Å². The molecule has 1 heterocycles. The molecule has 0 aliphatic rings. The van der Waals surface area contributed by atoms with Crippen LogP contribution in [0.3, 0.4) is 0 Å². The lowest BCUT2D eigenvalue weighted by Crippen LogP contribution is -2.28. The van der Waals surface area contributed by atoms with Crippen molar-refractivity contribution in [1.29, 1.82) is 0 Å².